The Morgan fingerprint density at radius 1 is 1.14 bits per heavy atom. The van der Waals surface area contributed by atoms with E-state index >= 15 is 0 Å². The Bertz CT molecular complexity index is 457. The zero-order valence-corrected chi connectivity index (χ0v) is 7.31. The van der Waals surface area contributed by atoms with E-state index in [0.717, 1.165) is 0 Å². The molecule has 3 nitrogen and oxygen atoms in total. The fraction of sp³-hybridized carbons (Fsp3) is 0. The minimum Gasteiger partial charge on any atom is -0.368 e. The van der Waals surface area contributed by atoms with Gasteiger partial charge in [0.1, 0.15) is 5.82 Å². The van der Waals surface area contributed by atoms with Crippen molar-refractivity contribution in [3.05, 3.63) is 42.3 Å². The monoisotopic (exact) mass is 189 g/mol. The quantitative estimate of drug-likeness (QED) is 0.744. The molecule has 0 saturated carbocycles. The van der Waals surface area contributed by atoms with Gasteiger partial charge in [0, 0.05) is 11.8 Å². The SMILES string of the molecule is Nc1nccc(-c2ccccc2F)n1. The number of anilines is 1. The molecule has 0 radical (unpaired) electrons. The summed E-state index contributed by atoms with van der Waals surface area (Å²) in [5.74, 6) is -0.170. The maximum atomic E-state index is 13.3. The van der Waals surface area contributed by atoms with Crippen molar-refractivity contribution < 1.29 is 4.39 Å². The number of hydrogen-bond acceptors (Lipinski definition) is 3. The van der Waals surface area contributed by atoms with E-state index in [9.17, 15) is 4.39 Å². The van der Waals surface area contributed by atoms with E-state index in [1.807, 2.05) is 0 Å². The van der Waals surface area contributed by atoms with Crippen molar-refractivity contribution in [2.45, 2.75) is 0 Å². The van der Waals surface area contributed by atoms with Gasteiger partial charge in [0.25, 0.3) is 0 Å². The van der Waals surface area contributed by atoms with Crippen molar-refractivity contribution in [2.24, 2.45) is 0 Å². The zero-order valence-electron chi connectivity index (χ0n) is 7.31. The number of nitrogen functional groups attached to an aromatic ring is 1. The lowest BCUT2D eigenvalue weighted by atomic mass is 10.1. The van der Waals surface area contributed by atoms with Crippen LogP contribution in [0.25, 0.3) is 11.3 Å². The molecule has 0 saturated heterocycles. The van der Waals surface area contributed by atoms with Gasteiger partial charge in [-0.2, -0.15) is 0 Å². The van der Waals surface area contributed by atoms with Gasteiger partial charge >= 0.3 is 0 Å². The van der Waals surface area contributed by atoms with E-state index in [0.29, 0.717) is 11.3 Å². The highest BCUT2D eigenvalue weighted by Crippen LogP contribution is 2.19. The Morgan fingerprint density at radius 2 is 1.93 bits per heavy atom. The van der Waals surface area contributed by atoms with E-state index in [1.165, 1.54) is 12.3 Å². The van der Waals surface area contributed by atoms with Gasteiger partial charge in [-0.15, -0.1) is 0 Å². The van der Waals surface area contributed by atoms with Crippen LogP contribution < -0.4 is 5.73 Å². The number of aromatic nitrogens is 2. The fourth-order valence-electron chi connectivity index (χ4n) is 1.19. The second-order valence-electron chi connectivity index (χ2n) is 2.78. The molecule has 70 valence electrons. The summed E-state index contributed by atoms with van der Waals surface area (Å²) >= 11 is 0. The summed E-state index contributed by atoms with van der Waals surface area (Å²) in [4.78, 5) is 7.67. The summed E-state index contributed by atoms with van der Waals surface area (Å²) in [6.07, 6.45) is 1.50. The molecule has 0 amide bonds. The molecule has 2 aromatic rings. The third-order valence-electron chi connectivity index (χ3n) is 1.82. The number of hydrogen-bond donors (Lipinski definition) is 1. The first-order valence-electron chi connectivity index (χ1n) is 4.11. The molecule has 4 heteroatoms. The van der Waals surface area contributed by atoms with Gasteiger partial charge in [-0.25, -0.2) is 14.4 Å². The predicted octanol–water partition coefficient (Wildman–Crippen LogP) is 1.86. The van der Waals surface area contributed by atoms with E-state index < -0.39 is 0 Å². The van der Waals surface area contributed by atoms with Gasteiger partial charge in [0.05, 0.1) is 5.69 Å². The molecule has 0 aliphatic carbocycles. The summed E-state index contributed by atoms with van der Waals surface area (Å²) in [5.41, 5.74) is 6.33. The van der Waals surface area contributed by atoms with Crippen LogP contribution in [0.15, 0.2) is 36.5 Å². The lowest BCUT2D eigenvalue weighted by Crippen LogP contribution is -1.96. The highest BCUT2D eigenvalue weighted by atomic mass is 19.1. The predicted molar refractivity (Wildman–Crippen MR) is 51.8 cm³/mol. The highest BCUT2D eigenvalue weighted by Gasteiger charge is 2.04. The molecule has 1 heterocycles. The van der Waals surface area contributed by atoms with Gasteiger partial charge in [-0.05, 0) is 18.2 Å². The number of rotatable bonds is 1. The first-order valence-corrected chi connectivity index (χ1v) is 4.11. The summed E-state index contributed by atoms with van der Waals surface area (Å²) in [5, 5.41) is 0. The Morgan fingerprint density at radius 3 is 2.64 bits per heavy atom. The molecule has 2 rings (SSSR count). The maximum absolute atomic E-state index is 13.3. The van der Waals surface area contributed by atoms with Crippen LogP contribution in [-0.4, -0.2) is 9.97 Å². The molecule has 0 atom stereocenters. The van der Waals surface area contributed by atoms with Crippen LogP contribution in [0.2, 0.25) is 0 Å². The Balaban J connectivity index is 2.55. The fourth-order valence-corrected chi connectivity index (χ4v) is 1.19. The van der Waals surface area contributed by atoms with Gasteiger partial charge in [-0.3, -0.25) is 0 Å². The molecule has 0 bridgehead atoms. The first kappa shape index (κ1) is 8.62. The maximum Gasteiger partial charge on any atom is 0.220 e. The largest absolute Gasteiger partial charge is 0.368 e. The molecular formula is C10H8FN3. The van der Waals surface area contributed by atoms with E-state index in [1.54, 1.807) is 24.3 Å². The lowest BCUT2D eigenvalue weighted by Gasteiger charge is -2.01. The third-order valence-corrected chi connectivity index (χ3v) is 1.82. The zero-order chi connectivity index (χ0) is 9.97. The molecule has 0 unspecified atom stereocenters. The number of nitrogens with zero attached hydrogens (tertiary/aromatic N) is 2. The van der Waals surface area contributed by atoms with Crippen LogP contribution >= 0.6 is 0 Å². The van der Waals surface area contributed by atoms with Gasteiger partial charge in [0.2, 0.25) is 5.95 Å². The van der Waals surface area contributed by atoms with Crippen molar-refractivity contribution in [3.8, 4) is 11.3 Å². The standard InChI is InChI=1S/C10H8FN3/c11-8-4-2-1-3-7(8)9-5-6-13-10(12)14-9/h1-6H,(H2,12,13,14). The van der Waals surface area contributed by atoms with Gasteiger partial charge in [-0.1, -0.05) is 12.1 Å². The Hall–Kier alpha value is -1.97. The van der Waals surface area contributed by atoms with Crippen LogP contribution in [-0.2, 0) is 0 Å². The number of benzene rings is 1. The average molecular weight is 189 g/mol. The molecule has 1 aromatic carbocycles. The molecule has 14 heavy (non-hydrogen) atoms. The van der Waals surface area contributed by atoms with E-state index in [4.69, 9.17) is 5.73 Å². The summed E-state index contributed by atoms with van der Waals surface area (Å²) in [6.45, 7) is 0. The minimum absolute atomic E-state index is 0.144. The molecule has 2 N–H and O–H groups in total. The molecule has 0 aliphatic rings. The van der Waals surface area contributed by atoms with E-state index in [-0.39, 0.29) is 11.8 Å². The van der Waals surface area contributed by atoms with Crippen LogP contribution in [0.1, 0.15) is 0 Å². The minimum atomic E-state index is -0.314. The van der Waals surface area contributed by atoms with Crippen molar-refractivity contribution in [3.63, 3.8) is 0 Å². The Labute approximate surface area is 80.4 Å². The number of halogens is 1. The average Bonchev–Trinajstić information content (AvgIpc) is 2.18. The molecule has 0 spiro atoms. The normalized spacial score (nSPS) is 10.1. The molecular weight excluding hydrogens is 181 g/mol. The second-order valence-corrected chi connectivity index (χ2v) is 2.78. The van der Waals surface area contributed by atoms with Crippen molar-refractivity contribution in [1.29, 1.82) is 0 Å². The summed E-state index contributed by atoms with van der Waals surface area (Å²) < 4.78 is 13.3. The smallest absolute Gasteiger partial charge is 0.220 e. The van der Waals surface area contributed by atoms with Crippen LogP contribution in [0.3, 0.4) is 0 Å². The molecule has 0 aliphatic heterocycles. The summed E-state index contributed by atoms with van der Waals surface area (Å²) in [7, 11) is 0. The first-order chi connectivity index (χ1) is 6.77. The van der Waals surface area contributed by atoms with Crippen molar-refractivity contribution >= 4 is 5.95 Å². The van der Waals surface area contributed by atoms with Crippen LogP contribution in [0, 0.1) is 5.82 Å². The lowest BCUT2D eigenvalue weighted by molar-refractivity contribution is 0.630. The number of nitrogens with two attached hydrogens (primary N) is 1. The topological polar surface area (TPSA) is 51.8 Å². The van der Waals surface area contributed by atoms with Crippen LogP contribution in [0.5, 0.6) is 0 Å². The van der Waals surface area contributed by atoms with Crippen LogP contribution in [0.4, 0.5) is 10.3 Å². The Kier molecular flexibility index (Phi) is 2.10. The third kappa shape index (κ3) is 1.54. The van der Waals surface area contributed by atoms with E-state index in [2.05, 4.69) is 9.97 Å². The molecule has 1 aromatic heterocycles. The van der Waals surface area contributed by atoms with Gasteiger partial charge < -0.3 is 5.73 Å². The van der Waals surface area contributed by atoms with Crippen molar-refractivity contribution in [2.75, 3.05) is 5.73 Å². The van der Waals surface area contributed by atoms with Gasteiger partial charge in [0.15, 0.2) is 0 Å². The summed E-state index contributed by atoms with van der Waals surface area (Å²) in [6, 6.07) is 8.03. The second kappa shape index (κ2) is 3.41. The highest BCUT2D eigenvalue weighted by molar-refractivity contribution is 5.60. The molecule has 0 fully saturated rings. The van der Waals surface area contributed by atoms with Crippen molar-refractivity contribution in [1.82, 2.24) is 9.97 Å².